The summed E-state index contributed by atoms with van der Waals surface area (Å²) in [6.45, 7) is 6.58. The molecule has 0 aromatic heterocycles. The minimum Gasteiger partial charge on any atom is -0.378 e. The Kier molecular flexibility index (Phi) is 5.40. The number of ether oxygens (including phenoxy) is 1. The number of nitrogens with zero attached hydrogens (tertiary/aromatic N) is 1. The summed E-state index contributed by atoms with van der Waals surface area (Å²) >= 11 is 5.88. The molecule has 1 aromatic rings. The first-order chi connectivity index (χ1) is 9.58. The lowest BCUT2D eigenvalue weighted by Gasteiger charge is -2.30. The number of carbonyl (C=O) groups is 1. The van der Waals surface area contributed by atoms with Crippen molar-refractivity contribution < 1.29 is 9.53 Å². The zero-order chi connectivity index (χ0) is 14.5. The zero-order valence-electron chi connectivity index (χ0n) is 11.9. The Bertz CT molecular complexity index is 444. The lowest BCUT2D eigenvalue weighted by atomic mass is 10.1. The van der Waals surface area contributed by atoms with Gasteiger partial charge in [-0.1, -0.05) is 23.7 Å². The Morgan fingerprint density at radius 1 is 1.25 bits per heavy atom. The van der Waals surface area contributed by atoms with Crippen LogP contribution < -0.4 is 5.32 Å². The van der Waals surface area contributed by atoms with Crippen molar-refractivity contribution in [3.8, 4) is 0 Å². The molecule has 4 nitrogen and oxygen atoms in total. The minimum absolute atomic E-state index is 0.104. The molecule has 1 amide bonds. The van der Waals surface area contributed by atoms with Crippen molar-refractivity contribution in [2.75, 3.05) is 26.3 Å². The molecule has 1 aliphatic rings. The fraction of sp³-hybridized carbons (Fsp3) is 0.533. The van der Waals surface area contributed by atoms with Gasteiger partial charge < -0.3 is 9.64 Å². The van der Waals surface area contributed by atoms with Crippen molar-refractivity contribution in [2.24, 2.45) is 0 Å². The van der Waals surface area contributed by atoms with Gasteiger partial charge in [-0.15, -0.1) is 0 Å². The third kappa shape index (κ3) is 3.95. The minimum atomic E-state index is -0.209. The maximum absolute atomic E-state index is 12.3. The molecule has 1 saturated heterocycles. The average Bonchev–Trinajstić information content (AvgIpc) is 2.48. The van der Waals surface area contributed by atoms with Crippen molar-refractivity contribution in [3.05, 3.63) is 34.9 Å². The van der Waals surface area contributed by atoms with Gasteiger partial charge in [0.15, 0.2) is 0 Å². The second-order valence-electron chi connectivity index (χ2n) is 5.10. The van der Waals surface area contributed by atoms with Crippen LogP contribution in [0.1, 0.15) is 25.5 Å². The third-order valence-electron chi connectivity index (χ3n) is 3.56. The highest BCUT2D eigenvalue weighted by molar-refractivity contribution is 6.30. The van der Waals surface area contributed by atoms with Gasteiger partial charge in [0.05, 0.1) is 19.3 Å². The van der Waals surface area contributed by atoms with E-state index < -0.39 is 0 Å². The highest BCUT2D eigenvalue weighted by Crippen LogP contribution is 2.17. The molecular formula is C15H21ClN2O2. The summed E-state index contributed by atoms with van der Waals surface area (Å²) in [6, 6.07) is 7.58. The molecule has 1 fully saturated rings. The van der Waals surface area contributed by atoms with Crippen LogP contribution in [0.25, 0.3) is 0 Å². The van der Waals surface area contributed by atoms with Crippen LogP contribution in [0.2, 0.25) is 5.02 Å². The molecule has 0 radical (unpaired) electrons. The van der Waals surface area contributed by atoms with Gasteiger partial charge in [0.2, 0.25) is 5.91 Å². The fourth-order valence-electron chi connectivity index (χ4n) is 2.35. The van der Waals surface area contributed by atoms with E-state index in [2.05, 4.69) is 5.32 Å². The molecule has 1 N–H and O–H groups in total. The van der Waals surface area contributed by atoms with Crippen molar-refractivity contribution in [2.45, 2.75) is 25.9 Å². The monoisotopic (exact) mass is 296 g/mol. The van der Waals surface area contributed by atoms with Crippen LogP contribution in [-0.2, 0) is 9.53 Å². The predicted octanol–water partition coefficient (Wildman–Crippen LogP) is 2.24. The maximum atomic E-state index is 12.3. The second-order valence-corrected chi connectivity index (χ2v) is 5.54. The van der Waals surface area contributed by atoms with E-state index in [-0.39, 0.29) is 18.0 Å². The molecule has 1 unspecified atom stereocenters. The Labute approximate surface area is 125 Å². The Morgan fingerprint density at radius 3 is 2.45 bits per heavy atom. The van der Waals surface area contributed by atoms with E-state index in [9.17, 15) is 4.79 Å². The normalized spacial score (nSPS) is 18.6. The van der Waals surface area contributed by atoms with E-state index in [0.29, 0.717) is 26.3 Å². The first-order valence-corrected chi connectivity index (χ1v) is 7.34. The molecule has 1 aliphatic heterocycles. The van der Waals surface area contributed by atoms with Crippen molar-refractivity contribution >= 4 is 17.5 Å². The van der Waals surface area contributed by atoms with Crippen LogP contribution in [0.15, 0.2) is 24.3 Å². The predicted molar refractivity (Wildman–Crippen MR) is 79.9 cm³/mol. The molecule has 2 atom stereocenters. The van der Waals surface area contributed by atoms with Crippen LogP contribution in [0.5, 0.6) is 0 Å². The maximum Gasteiger partial charge on any atom is 0.239 e. The molecule has 2 rings (SSSR count). The number of morpholine rings is 1. The van der Waals surface area contributed by atoms with Crippen LogP contribution in [-0.4, -0.2) is 43.2 Å². The molecule has 0 aliphatic carbocycles. The molecule has 5 heteroatoms. The highest BCUT2D eigenvalue weighted by Gasteiger charge is 2.23. The number of rotatable bonds is 4. The number of benzene rings is 1. The van der Waals surface area contributed by atoms with Gasteiger partial charge in [-0.3, -0.25) is 10.1 Å². The van der Waals surface area contributed by atoms with Gasteiger partial charge in [0, 0.05) is 24.2 Å². The van der Waals surface area contributed by atoms with E-state index in [1.165, 1.54) is 0 Å². The summed E-state index contributed by atoms with van der Waals surface area (Å²) in [5.41, 5.74) is 1.12. The topological polar surface area (TPSA) is 41.6 Å². The molecule has 1 heterocycles. The second kappa shape index (κ2) is 7.07. The molecule has 0 spiro atoms. The summed E-state index contributed by atoms with van der Waals surface area (Å²) in [6.07, 6.45) is 0. The standard InChI is InChI=1S/C15H21ClN2O2/c1-11(13-3-5-14(16)6-4-13)17-12(2)15(19)18-7-9-20-10-8-18/h3-6,11-12,17H,7-10H2,1-2H3/t11-,12?/m1/s1. The average molecular weight is 297 g/mol. The Balaban J connectivity index is 1.91. The number of halogens is 1. The number of hydrogen-bond acceptors (Lipinski definition) is 3. The zero-order valence-corrected chi connectivity index (χ0v) is 12.7. The van der Waals surface area contributed by atoms with E-state index >= 15 is 0 Å². The number of hydrogen-bond donors (Lipinski definition) is 1. The highest BCUT2D eigenvalue weighted by atomic mass is 35.5. The van der Waals surface area contributed by atoms with Gasteiger partial charge in [-0.05, 0) is 31.5 Å². The summed E-state index contributed by atoms with van der Waals surface area (Å²) in [4.78, 5) is 14.2. The van der Waals surface area contributed by atoms with Gasteiger partial charge >= 0.3 is 0 Å². The Hall–Kier alpha value is -1.10. The van der Waals surface area contributed by atoms with Crippen molar-refractivity contribution in [1.29, 1.82) is 0 Å². The molecule has 20 heavy (non-hydrogen) atoms. The van der Waals surface area contributed by atoms with Gasteiger partial charge in [-0.2, -0.15) is 0 Å². The van der Waals surface area contributed by atoms with E-state index in [1.54, 1.807) is 0 Å². The quantitative estimate of drug-likeness (QED) is 0.926. The van der Waals surface area contributed by atoms with Gasteiger partial charge in [0.25, 0.3) is 0 Å². The molecular weight excluding hydrogens is 276 g/mol. The molecule has 1 aromatic carbocycles. The summed E-state index contributed by atoms with van der Waals surface area (Å²) < 4.78 is 5.26. The molecule has 0 bridgehead atoms. The number of carbonyl (C=O) groups excluding carboxylic acids is 1. The summed E-state index contributed by atoms with van der Waals surface area (Å²) in [5.74, 6) is 0.133. The van der Waals surface area contributed by atoms with Crippen molar-refractivity contribution in [3.63, 3.8) is 0 Å². The SMILES string of the molecule is CC(N[C@H](C)c1ccc(Cl)cc1)C(=O)N1CCOCC1. The van der Waals surface area contributed by atoms with Crippen molar-refractivity contribution in [1.82, 2.24) is 10.2 Å². The third-order valence-corrected chi connectivity index (χ3v) is 3.82. The first kappa shape index (κ1) is 15.3. The largest absolute Gasteiger partial charge is 0.378 e. The van der Waals surface area contributed by atoms with E-state index in [4.69, 9.17) is 16.3 Å². The van der Waals surface area contributed by atoms with Gasteiger partial charge in [0.1, 0.15) is 0 Å². The first-order valence-electron chi connectivity index (χ1n) is 6.96. The lowest BCUT2D eigenvalue weighted by molar-refractivity contribution is -0.137. The van der Waals surface area contributed by atoms with Crippen LogP contribution in [0.3, 0.4) is 0 Å². The van der Waals surface area contributed by atoms with E-state index in [0.717, 1.165) is 10.6 Å². The van der Waals surface area contributed by atoms with Gasteiger partial charge in [-0.25, -0.2) is 0 Å². The fourth-order valence-corrected chi connectivity index (χ4v) is 2.48. The van der Waals surface area contributed by atoms with E-state index in [1.807, 2.05) is 43.0 Å². The van der Waals surface area contributed by atoms with Crippen LogP contribution in [0, 0.1) is 0 Å². The van der Waals surface area contributed by atoms with Crippen LogP contribution >= 0.6 is 11.6 Å². The Morgan fingerprint density at radius 2 is 1.85 bits per heavy atom. The smallest absolute Gasteiger partial charge is 0.239 e. The summed E-state index contributed by atoms with van der Waals surface area (Å²) in [5, 5.41) is 4.06. The molecule has 110 valence electrons. The lowest BCUT2D eigenvalue weighted by Crippen LogP contribution is -2.49. The number of nitrogens with one attached hydrogen (secondary N) is 1. The van der Waals surface area contributed by atoms with Crippen LogP contribution in [0.4, 0.5) is 0 Å². The molecule has 0 saturated carbocycles. The number of amides is 1. The summed E-state index contributed by atoms with van der Waals surface area (Å²) in [7, 11) is 0.